The van der Waals surface area contributed by atoms with Crippen LogP contribution < -0.4 is 0 Å². The van der Waals surface area contributed by atoms with Crippen LogP contribution in [0.2, 0.25) is 0 Å². The summed E-state index contributed by atoms with van der Waals surface area (Å²) in [4.78, 5) is 18.7. The Labute approximate surface area is 198 Å². The zero-order chi connectivity index (χ0) is 23.7. The number of amides is 1. The fourth-order valence-corrected chi connectivity index (χ4v) is 6.05. The van der Waals surface area contributed by atoms with Gasteiger partial charge in [0.25, 0.3) is 0 Å². The van der Waals surface area contributed by atoms with Crippen LogP contribution in [0.15, 0.2) is 64.0 Å². The molecule has 8 nitrogen and oxygen atoms in total. The fraction of sp³-hybridized carbons (Fsp3) is 0.320. The molecule has 176 valence electrons. The van der Waals surface area contributed by atoms with Crippen LogP contribution in [0.25, 0.3) is 17.0 Å². The number of likely N-dealkylation sites (tertiary alicyclic amines) is 1. The molecular formula is C25H26N4O4S. The third-order valence-corrected chi connectivity index (χ3v) is 8.39. The molecular weight excluding hydrogens is 452 g/mol. The van der Waals surface area contributed by atoms with Gasteiger partial charge in [-0.1, -0.05) is 53.7 Å². The molecule has 1 amide bonds. The number of nitrogens with zero attached hydrogens (tertiary/aromatic N) is 4. The number of carbonyl (C=O) groups excluding carboxylic acids is 1. The fourth-order valence-electron chi connectivity index (χ4n) is 4.42. The minimum absolute atomic E-state index is 0.0727. The van der Waals surface area contributed by atoms with Crippen LogP contribution >= 0.6 is 0 Å². The first-order valence-corrected chi connectivity index (χ1v) is 12.9. The van der Waals surface area contributed by atoms with Crippen molar-refractivity contribution in [2.45, 2.75) is 31.1 Å². The van der Waals surface area contributed by atoms with Gasteiger partial charge in [-0.05, 0) is 49.0 Å². The van der Waals surface area contributed by atoms with Crippen LogP contribution in [0.4, 0.5) is 0 Å². The Hall–Kier alpha value is -3.30. The second-order valence-electron chi connectivity index (χ2n) is 8.61. The van der Waals surface area contributed by atoms with E-state index in [1.165, 1.54) is 4.31 Å². The predicted molar refractivity (Wildman–Crippen MR) is 127 cm³/mol. The number of aromatic nitrogens is 2. The van der Waals surface area contributed by atoms with Crippen LogP contribution in [0, 0.1) is 6.92 Å². The van der Waals surface area contributed by atoms with E-state index < -0.39 is 10.0 Å². The Morgan fingerprint density at radius 2 is 1.76 bits per heavy atom. The van der Waals surface area contributed by atoms with Crippen molar-refractivity contribution in [2.24, 2.45) is 0 Å². The van der Waals surface area contributed by atoms with Crippen LogP contribution in [-0.4, -0.2) is 59.8 Å². The molecule has 2 aliphatic rings. The molecule has 1 fully saturated rings. The third kappa shape index (κ3) is 4.28. The highest BCUT2D eigenvalue weighted by Gasteiger charge is 2.29. The van der Waals surface area contributed by atoms with Gasteiger partial charge in [-0.3, -0.25) is 4.79 Å². The molecule has 3 heterocycles. The molecule has 0 aliphatic carbocycles. The van der Waals surface area contributed by atoms with E-state index in [1.807, 2.05) is 36.4 Å². The molecule has 9 heteroatoms. The summed E-state index contributed by atoms with van der Waals surface area (Å²) >= 11 is 0. The molecule has 0 bridgehead atoms. The highest BCUT2D eigenvalue weighted by molar-refractivity contribution is 7.89. The largest absolute Gasteiger partial charge is 0.334 e. The van der Waals surface area contributed by atoms with E-state index >= 15 is 0 Å². The van der Waals surface area contributed by atoms with Crippen molar-refractivity contribution in [1.29, 1.82) is 0 Å². The van der Waals surface area contributed by atoms with Crippen molar-refractivity contribution in [3.05, 3.63) is 71.6 Å². The lowest BCUT2D eigenvalue weighted by molar-refractivity contribution is 0.0743. The van der Waals surface area contributed by atoms with Crippen LogP contribution in [-0.2, 0) is 10.0 Å². The molecule has 0 spiro atoms. The van der Waals surface area contributed by atoms with Gasteiger partial charge in [0.2, 0.25) is 15.8 Å². The minimum atomic E-state index is -3.72. The van der Waals surface area contributed by atoms with E-state index in [9.17, 15) is 13.2 Å². The lowest BCUT2D eigenvalue weighted by Crippen LogP contribution is -2.35. The van der Waals surface area contributed by atoms with E-state index in [0.29, 0.717) is 43.7 Å². The summed E-state index contributed by atoms with van der Waals surface area (Å²) in [6.45, 7) is 3.85. The van der Waals surface area contributed by atoms with Crippen LogP contribution in [0.1, 0.15) is 41.1 Å². The maximum atomic E-state index is 13.5. The van der Waals surface area contributed by atoms with Crippen molar-refractivity contribution in [2.75, 3.05) is 26.2 Å². The van der Waals surface area contributed by atoms with E-state index in [1.54, 1.807) is 30.0 Å². The van der Waals surface area contributed by atoms with Gasteiger partial charge < -0.3 is 9.42 Å². The summed E-state index contributed by atoms with van der Waals surface area (Å²) in [6, 6.07) is 15.0. The second kappa shape index (κ2) is 9.15. The molecule has 2 aliphatic heterocycles. The Morgan fingerprint density at radius 1 is 1.00 bits per heavy atom. The Bertz CT molecular complexity index is 1340. The molecule has 1 saturated heterocycles. The van der Waals surface area contributed by atoms with E-state index in [2.05, 4.69) is 10.1 Å². The van der Waals surface area contributed by atoms with Crippen molar-refractivity contribution >= 4 is 21.5 Å². The summed E-state index contributed by atoms with van der Waals surface area (Å²) in [7, 11) is -3.72. The number of aryl methyl sites for hydroxylation is 1. The maximum absolute atomic E-state index is 13.5. The van der Waals surface area contributed by atoms with E-state index in [0.717, 1.165) is 24.0 Å². The summed E-state index contributed by atoms with van der Waals surface area (Å²) < 4.78 is 33.7. The first-order chi connectivity index (χ1) is 16.4. The van der Waals surface area contributed by atoms with Gasteiger partial charge in [0, 0.05) is 31.7 Å². The van der Waals surface area contributed by atoms with Gasteiger partial charge in [0.05, 0.1) is 4.90 Å². The van der Waals surface area contributed by atoms with Crippen molar-refractivity contribution in [1.82, 2.24) is 19.3 Å². The molecule has 0 N–H and O–H groups in total. The number of benzene rings is 2. The molecule has 34 heavy (non-hydrogen) atoms. The quantitative estimate of drug-likeness (QED) is 0.554. The highest BCUT2D eigenvalue weighted by Crippen LogP contribution is 2.29. The third-order valence-electron chi connectivity index (χ3n) is 6.38. The maximum Gasteiger partial charge on any atom is 0.316 e. The Balaban J connectivity index is 1.38. The smallest absolute Gasteiger partial charge is 0.316 e. The van der Waals surface area contributed by atoms with Gasteiger partial charge >= 0.3 is 11.8 Å². The lowest BCUT2D eigenvalue weighted by atomic mass is 10.0. The molecule has 0 radical (unpaired) electrons. The molecule has 0 unspecified atom stereocenters. The molecule has 0 atom stereocenters. The average molecular weight is 479 g/mol. The van der Waals surface area contributed by atoms with Crippen LogP contribution in [0.3, 0.4) is 0 Å². The van der Waals surface area contributed by atoms with Crippen LogP contribution in [0.5, 0.6) is 0 Å². The van der Waals surface area contributed by atoms with Crippen molar-refractivity contribution in [3.8, 4) is 11.4 Å². The number of hydrogen-bond acceptors (Lipinski definition) is 6. The Morgan fingerprint density at radius 3 is 2.47 bits per heavy atom. The highest BCUT2D eigenvalue weighted by atomic mass is 32.2. The Kier molecular flexibility index (Phi) is 6.05. The number of rotatable bonds is 5. The van der Waals surface area contributed by atoms with E-state index in [-0.39, 0.29) is 22.5 Å². The zero-order valence-electron chi connectivity index (χ0n) is 19.0. The van der Waals surface area contributed by atoms with Gasteiger partial charge in [0.1, 0.15) is 0 Å². The average Bonchev–Trinajstić information content (AvgIpc) is 3.57. The molecule has 0 saturated carbocycles. The predicted octanol–water partition coefficient (Wildman–Crippen LogP) is 3.76. The normalized spacial score (nSPS) is 17.1. The van der Waals surface area contributed by atoms with Gasteiger partial charge in [-0.2, -0.15) is 9.29 Å². The summed E-state index contributed by atoms with van der Waals surface area (Å²) in [6.07, 6.45) is 4.55. The summed E-state index contributed by atoms with van der Waals surface area (Å²) in [5.41, 5.74) is 3.40. The number of hydrogen-bond donors (Lipinski definition) is 0. The standard InChI is InChI=1S/C25H26N4O4S/c1-18-9-10-21(23-26-24(33-27-23)25(30)28-13-5-6-14-28)17-22(18)34(31,32)29-15-11-20(12-16-29)19-7-3-2-4-8-19/h2-4,7-11,17H,5-6,12-16H2,1H3. The van der Waals surface area contributed by atoms with Crippen molar-refractivity contribution < 1.29 is 17.7 Å². The summed E-state index contributed by atoms with van der Waals surface area (Å²) in [5.74, 6) is -0.161. The first kappa shape index (κ1) is 22.5. The van der Waals surface area contributed by atoms with E-state index in [4.69, 9.17) is 4.52 Å². The second-order valence-corrected chi connectivity index (χ2v) is 10.5. The molecule has 2 aromatic carbocycles. The topological polar surface area (TPSA) is 96.6 Å². The molecule has 3 aromatic rings. The van der Waals surface area contributed by atoms with Gasteiger partial charge in [0.15, 0.2) is 0 Å². The van der Waals surface area contributed by atoms with Gasteiger partial charge in [-0.25, -0.2) is 8.42 Å². The summed E-state index contributed by atoms with van der Waals surface area (Å²) in [5, 5.41) is 3.94. The number of sulfonamides is 1. The first-order valence-electron chi connectivity index (χ1n) is 11.4. The van der Waals surface area contributed by atoms with Gasteiger partial charge in [-0.15, -0.1) is 0 Å². The monoisotopic (exact) mass is 478 g/mol. The zero-order valence-corrected chi connectivity index (χ0v) is 19.8. The molecule has 5 rings (SSSR count). The SMILES string of the molecule is Cc1ccc(-c2noc(C(=O)N3CCCC3)n2)cc1S(=O)(=O)N1CC=C(c2ccccc2)CC1. The van der Waals surface area contributed by atoms with Crippen molar-refractivity contribution in [3.63, 3.8) is 0 Å². The number of carbonyl (C=O) groups is 1. The minimum Gasteiger partial charge on any atom is -0.334 e. The lowest BCUT2D eigenvalue weighted by Gasteiger charge is -2.26. The molecule has 1 aromatic heterocycles.